The molecule has 0 bridgehead atoms. The maximum atomic E-state index is 2.44. The maximum Gasteiger partial charge on any atom is 0.0547 e. The van der Waals surface area contributed by atoms with Crippen LogP contribution >= 0.6 is 0 Å². The van der Waals surface area contributed by atoms with Gasteiger partial charge >= 0.3 is 0 Å². The van der Waals surface area contributed by atoms with Gasteiger partial charge in [0.05, 0.1) is 11.0 Å². The van der Waals surface area contributed by atoms with Gasteiger partial charge in [0.2, 0.25) is 0 Å². The summed E-state index contributed by atoms with van der Waals surface area (Å²) in [5.74, 6) is 0. The van der Waals surface area contributed by atoms with Crippen molar-refractivity contribution in [1.82, 2.24) is 4.57 Å². The molecule has 8 aromatic carbocycles. The highest BCUT2D eigenvalue weighted by molar-refractivity contribution is 6.33. The molecule has 9 aromatic rings. The molecule has 198 valence electrons. The van der Waals surface area contributed by atoms with Gasteiger partial charge in [0.15, 0.2) is 0 Å². The second-order valence-electron chi connectivity index (χ2n) is 11.6. The Hall–Kier alpha value is -5.66. The van der Waals surface area contributed by atoms with Gasteiger partial charge in [-0.1, -0.05) is 127 Å². The van der Waals surface area contributed by atoms with Crippen LogP contribution in [-0.4, -0.2) is 4.57 Å². The van der Waals surface area contributed by atoms with Crippen molar-refractivity contribution in [2.24, 2.45) is 0 Å². The molecule has 0 radical (unpaired) electrons. The standard InChI is InChI=1S/C42H25N/c1-2-14-27(15-3-1)43-36-24-10-21-33-32-20-9-22-34-38(29-19-8-13-26-12-4-5-16-28(26)29)30-17-6-7-18-31(30)40(39(32)34)35-23-11-25-37(43)42(35)41(33)36/h1-25H. The molecule has 0 atom stereocenters. The normalized spacial score (nSPS) is 12.2. The third-order valence-electron chi connectivity index (χ3n) is 9.50. The fraction of sp³-hybridized carbons (Fsp3) is 0. The van der Waals surface area contributed by atoms with Crippen molar-refractivity contribution in [3.63, 3.8) is 0 Å². The van der Waals surface area contributed by atoms with E-state index >= 15 is 0 Å². The summed E-state index contributed by atoms with van der Waals surface area (Å²) in [6.07, 6.45) is 0. The fourth-order valence-electron chi connectivity index (χ4n) is 7.86. The summed E-state index contributed by atoms with van der Waals surface area (Å²) in [4.78, 5) is 0. The van der Waals surface area contributed by atoms with Crippen LogP contribution in [0.2, 0.25) is 0 Å². The van der Waals surface area contributed by atoms with Gasteiger partial charge in [0.1, 0.15) is 0 Å². The number of benzene rings is 8. The lowest BCUT2D eigenvalue weighted by molar-refractivity contribution is 1.18. The molecular formula is C42H25N. The van der Waals surface area contributed by atoms with Crippen LogP contribution in [-0.2, 0) is 0 Å². The minimum Gasteiger partial charge on any atom is -0.309 e. The van der Waals surface area contributed by atoms with E-state index in [0.717, 1.165) is 0 Å². The highest BCUT2D eigenvalue weighted by atomic mass is 15.0. The number of para-hydroxylation sites is 1. The highest BCUT2D eigenvalue weighted by Crippen LogP contribution is 2.54. The Morgan fingerprint density at radius 1 is 0.302 bits per heavy atom. The number of nitrogens with zero attached hydrogens (tertiary/aromatic N) is 1. The third-order valence-corrected chi connectivity index (χ3v) is 9.50. The third kappa shape index (κ3) is 2.96. The van der Waals surface area contributed by atoms with E-state index in [1.807, 2.05) is 0 Å². The predicted molar refractivity (Wildman–Crippen MR) is 183 cm³/mol. The maximum absolute atomic E-state index is 2.44. The van der Waals surface area contributed by atoms with Gasteiger partial charge in [-0.2, -0.15) is 0 Å². The molecule has 1 nitrogen and oxygen atoms in total. The van der Waals surface area contributed by atoms with Crippen LogP contribution in [0.5, 0.6) is 0 Å². The first-order valence-electron chi connectivity index (χ1n) is 15.0. The summed E-state index contributed by atoms with van der Waals surface area (Å²) in [7, 11) is 0. The summed E-state index contributed by atoms with van der Waals surface area (Å²) in [5.41, 5.74) is 11.5. The Morgan fingerprint density at radius 2 is 0.814 bits per heavy atom. The molecule has 0 saturated heterocycles. The molecule has 10 rings (SSSR count). The molecule has 0 aliphatic heterocycles. The van der Waals surface area contributed by atoms with Crippen LogP contribution in [0.4, 0.5) is 0 Å². The fourth-order valence-corrected chi connectivity index (χ4v) is 7.86. The van der Waals surface area contributed by atoms with E-state index in [4.69, 9.17) is 0 Å². The van der Waals surface area contributed by atoms with Crippen molar-refractivity contribution in [2.45, 2.75) is 0 Å². The lowest BCUT2D eigenvalue weighted by Gasteiger charge is -2.20. The molecule has 43 heavy (non-hydrogen) atoms. The predicted octanol–water partition coefficient (Wildman–Crippen LogP) is 11.6. The van der Waals surface area contributed by atoms with Crippen molar-refractivity contribution >= 4 is 54.1 Å². The molecule has 1 heteroatoms. The Bertz CT molecular complexity index is 2600. The lowest BCUT2D eigenvalue weighted by Crippen LogP contribution is -1.95. The zero-order valence-electron chi connectivity index (χ0n) is 23.4. The molecule has 0 spiro atoms. The summed E-state index contributed by atoms with van der Waals surface area (Å²) in [6.45, 7) is 0. The van der Waals surface area contributed by atoms with Gasteiger partial charge in [-0.25, -0.2) is 0 Å². The zero-order valence-corrected chi connectivity index (χ0v) is 23.4. The van der Waals surface area contributed by atoms with Crippen molar-refractivity contribution in [3.05, 3.63) is 152 Å². The molecule has 1 heterocycles. The van der Waals surface area contributed by atoms with E-state index in [-0.39, 0.29) is 0 Å². The second kappa shape index (κ2) is 8.44. The van der Waals surface area contributed by atoms with Crippen LogP contribution < -0.4 is 0 Å². The molecule has 1 aliphatic carbocycles. The van der Waals surface area contributed by atoms with Crippen LogP contribution in [0, 0.1) is 0 Å². The Morgan fingerprint density at radius 3 is 1.60 bits per heavy atom. The van der Waals surface area contributed by atoms with E-state index in [9.17, 15) is 0 Å². The molecule has 0 fully saturated rings. The highest BCUT2D eigenvalue weighted by Gasteiger charge is 2.27. The number of fused-ring (bicyclic) bond motifs is 5. The Kier molecular flexibility index (Phi) is 4.51. The van der Waals surface area contributed by atoms with Crippen molar-refractivity contribution in [2.75, 3.05) is 0 Å². The molecule has 0 amide bonds. The topological polar surface area (TPSA) is 4.93 Å². The van der Waals surface area contributed by atoms with E-state index in [2.05, 4.69) is 156 Å². The first kappa shape index (κ1) is 23.0. The van der Waals surface area contributed by atoms with Gasteiger partial charge in [-0.15, -0.1) is 0 Å². The molecule has 0 saturated carbocycles. The van der Waals surface area contributed by atoms with Crippen LogP contribution in [0.15, 0.2) is 152 Å². The number of hydrogen-bond acceptors (Lipinski definition) is 0. The second-order valence-corrected chi connectivity index (χ2v) is 11.6. The minimum atomic E-state index is 1.19. The Balaban J connectivity index is 1.46. The van der Waals surface area contributed by atoms with Crippen molar-refractivity contribution in [1.29, 1.82) is 0 Å². The van der Waals surface area contributed by atoms with E-state index in [1.165, 1.54) is 93.2 Å². The van der Waals surface area contributed by atoms with Crippen LogP contribution in [0.25, 0.3) is 93.2 Å². The zero-order chi connectivity index (χ0) is 28.1. The van der Waals surface area contributed by atoms with Crippen molar-refractivity contribution < 1.29 is 0 Å². The van der Waals surface area contributed by atoms with Gasteiger partial charge in [0, 0.05) is 16.5 Å². The average molecular weight is 544 g/mol. The van der Waals surface area contributed by atoms with Gasteiger partial charge in [0.25, 0.3) is 0 Å². The Labute approximate surface area is 248 Å². The first-order valence-corrected chi connectivity index (χ1v) is 15.0. The quantitative estimate of drug-likeness (QED) is 0.191. The average Bonchev–Trinajstić information content (AvgIpc) is 3.35. The summed E-state index contributed by atoms with van der Waals surface area (Å²) >= 11 is 0. The first-order chi connectivity index (χ1) is 21.4. The van der Waals surface area contributed by atoms with E-state index in [0.29, 0.717) is 0 Å². The number of hydrogen-bond donors (Lipinski definition) is 0. The van der Waals surface area contributed by atoms with Gasteiger partial charge in [-0.05, 0) is 90.0 Å². The summed E-state index contributed by atoms with van der Waals surface area (Å²) in [5, 5.41) is 10.4. The monoisotopic (exact) mass is 543 g/mol. The van der Waals surface area contributed by atoms with Gasteiger partial charge < -0.3 is 4.57 Å². The summed E-state index contributed by atoms with van der Waals surface area (Å²) < 4.78 is 2.44. The van der Waals surface area contributed by atoms with E-state index in [1.54, 1.807) is 0 Å². The van der Waals surface area contributed by atoms with E-state index < -0.39 is 0 Å². The smallest absolute Gasteiger partial charge is 0.0547 e. The number of rotatable bonds is 2. The minimum absolute atomic E-state index is 1.19. The molecular weight excluding hydrogens is 518 g/mol. The number of aromatic nitrogens is 1. The SMILES string of the molecule is c1ccc(-n2c3cccc4c3c3c(cccc32)-c2c3ccccc3c(-c3cccc5ccccc35)c3cccc-4c23)cc1. The van der Waals surface area contributed by atoms with Gasteiger partial charge in [-0.3, -0.25) is 0 Å². The van der Waals surface area contributed by atoms with Crippen LogP contribution in [0.1, 0.15) is 0 Å². The molecule has 0 N–H and O–H groups in total. The van der Waals surface area contributed by atoms with Crippen molar-refractivity contribution in [3.8, 4) is 39.1 Å². The van der Waals surface area contributed by atoms with Crippen LogP contribution in [0.3, 0.4) is 0 Å². The largest absolute Gasteiger partial charge is 0.309 e. The molecule has 0 unspecified atom stereocenters. The molecule has 1 aliphatic rings. The summed E-state index contributed by atoms with van der Waals surface area (Å²) in [6, 6.07) is 55.9. The lowest BCUT2D eigenvalue weighted by atomic mass is 9.83. The molecule has 1 aromatic heterocycles.